The molecule has 0 aliphatic carbocycles. The molecule has 0 bridgehead atoms. The summed E-state index contributed by atoms with van der Waals surface area (Å²) in [5, 5.41) is 10.3. The quantitative estimate of drug-likeness (QED) is 0.638. The average molecular weight is 418 g/mol. The molecule has 1 unspecified atom stereocenters. The summed E-state index contributed by atoms with van der Waals surface area (Å²) >= 11 is 0. The summed E-state index contributed by atoms with van der Waals surface area (Å²) in [6, 6.07) is 15.8. The predicted octanol–water partition coefficient (Wildman–Crippen LogP) is 3.78. The van der Waals surface area contributed by atoms with Crippen LogP contribution in [0.15, 0.2) is 48.5 Å². The minimum Gasteiger partial charge on any atom is -0.478 e. The van der Waals surface area contributed by atoms with Gasteiger partial charge in [0.25, 0.3) is 5.91 Å². The van der Waals surface area contributed by atoms with E-state index in [1.807, 2.05) is 55.8 Å². The fourth-order valence-electron chi connectivity index (χ4n) is 3.73. The van der Waals surface area contributed by atoms with Crippen LogP contribution in [0.5, 0.6) is 5.75 Å². The van der Waals surface area contributed by atoms with Crippen LogP contribution in [-0.4, -0.2) is 27.7 Å². The largest absolute Gasteiger partial charge is 0.478 e. The number of hydrogen-bond acceptors (Lipinski definition) is 4. The Labute approximate surface area is 181 Å². The van der Waals surface area contributed by atoms with Crippen LogP contribution in [0.2, 0.25) is 0 Å². The van der Waals surface area contributed by atoms with Crippen molar-refractivity contribution in [2.45, 2.75) is 46.3 Å². The number of hydrogen-bond donors (Lipinski definition) is 2. The summed E-state index contributed by atoms with van der Waals surface area (Å²) in [7, 11) is 0. The fraction of sp³-hybridized carbons (Fsp3) is 0.292. The maximum absolute atomic E-state index is 12.7. The SMILES string of the molecule is Cc1ccc2c(c1)NC(=O)C(CC(=O)Nc1c(C)nn(CCc3ccccc3)c1C)O2. The molecule has 31 heavy (non-hydrogen) atoms. The first-order valence-electron chi connectivity index (χ1n) is 10.4. The summed E-state index contributed by atoms with van der Waals surface area (Å²) in [6.07, 6.45) is -0.0952. The monoisotopic (exact) mass is 418 g/mol. The Morgan fingerprint density at radius 3 is 2.71 bits per heavy atom. The molecule has 2 heterocycles. The molecule has 0 radical (unpaired) electrons. The molecular weight excluding hydrogens is 392 g/mol. The summed E-state index contributed by atoms with van der Waals surface area (Å²) in [4.78, 5) is 25.1. The second kappa shape index (κ2) is 8.63. The molecule has 160 valence electrons. The van der Waals surface area contributed by atoms with E-state index >= 15 is 0 Å². The van der Waals surface area contributed by atoms with Crippen LogP contribution in [0.25, 0.3) is 0 Å². The van der Waals surface area contributed by atoms with Gasteiger partial charge in [0.15, 0.2) is 6.10 Å². The van der Waals surface area contributed by atoms with Gasteiger partial charge in [-0.15, -0.1) is 0 Å². The highest BCUT2D eigenvalue weighted by molar-refractivity contribution is 6.02. The molecule has 1 atom stereocenters. The number of aryl methyl sites for hydroxylation is 4. The van der Waals surface area contributed by atoms with Gasteiger partial charge in [-0.25, -0.2) is 0 Å². The zero-order valence-corrected chi connectivity index (χ0v) is 17.9. The van der Waals surface area contributed by atoms with Gasteiger partial charge in [0.05, 0.1) is 29.2 Å². The maximum atomic E-state index is 12.7. The van der Waals surface area contributed by atoms with Gasteiger partial charge < -0.3 is 15.4 Å². The zero-order valence-electron chi connectivity index (χ0n) is 17.9. The Morgan fingerprint density at radius 1 is 1.16 bits per heavy atom. The number of nitrogens with one attached hydrogen (secondary N) is 2. The molecule has 1 aromatic heterocycles. The molecular formula is C24H26N4O3. The van der Waals surface area contributed by atoms with Crippen LogP contribution in [0.1, 0.15) is 28.9 Å². The van der Waals surface area contributed by atoms with Gasteiger partial charge in [-0.1, -0.05) is 36.4 Å². The Bertz CT molecular complexity index is 1120. The van der Waals surface area contributed by atoms with E-state index in [1.165, 1.54) is 5.56 Å². The number of aromatic nitrogens is 2. The zero-order chi connectivity index (χ0) is 22.0. The van der Waals surface area contributed by atoms with Crippen molar-refractivity contribution in [1.29, 1.82) is 0 Å². The summed E-state index contributed by atoms with van der Waals surface area (Å²) < 4.78 is 7.67. The summed E-state index contributed by atoms with van der Waals surface area (Å²) in [6.45, 7) is 6.46. The first-order chi connectivity index (χ1) is 14.9. The minimum atomic E-state index is -0.871. The molecule has 2 amide bonds. The van der Waals surface area contributed by atoms with Crippen molar-refractivity contribution in [2.75, 3.05) is 10.6 Å². The Kier molecular flexibility index (Phi) is 5.75. The number of carbonyl (C=O) groups excluding carboxylic acids is 2. The van der Waals surface area contributed by atoms with E-state index in [2.05, 4.69) is 27.9 Å². The van der Waals surface area contributed by atoms with Crippen molar-refractivity contribution >= 4 is 23.2 Å². The Morgan fingerprint density at radius 2 is 1.94 bits per heavy atom. The Hall–Kier alpha value is -3.61. The third-order valence-corrected chi connectivity index (χ3v) is 5.43. The molecule has 0 fully saturated rings. The van der Waals surface area contributed by atoms with Gasteiger partial charge in [-0.05, 0) is 50.5 Å². The van der Waals surface area contributed by atoms with Crippen molar-refractivity contribution in [1.82, 2.24) is 9.78 Å². The molecule has 1 aliphatic rings. The molecule has 7 heteroatoms. The molecule has 0 spiro atoms. The van der Waals surface area contributed by atoms with Gasteiger partial charge >= 0.3 is 0 Å². The maximum Gasteiger partial charge on any atom is 0.266 e. The highest BCUT2D eigenvalue weighted by Gasteiger charge is 2.30. The lowest BCUT2D eigenvalue weighted by Crippen LogP contribution is -2.39. The molecule has 1 aliphatic heterocycles. The van der Waals surface area contributed by atoms with E-state index in [-0.39, 0.29) is 18.2 Å². The minimum absolute atomic E-state index is 0.0762. The number of ether oxygens (including phenoxy) is 1. The summed E-state index contributed by atoms with van der Waals surface area (Å²) in [5.74, 6) is -0.0335. The number of amides is 2. The van der Waals surface area contributed by atoms with Crippen LogP contribution in [0.3, 0.4) is 0 Å². The van der Waals surface area contributed by atoms with Crippen LogP contribution < -0.4 is 15.4 Å². The third kappa shape index (κ3) is 4.60. The first kappa shape index (κ1) is 20.7. The van der Waals surface area contributed by atoms with Gasteiger partial charge in [0.2, 0.25) is 5.91 Å². The van der Waals surface area contributed by atoms with Gasteiger partial charge in [-0.3, -0.25) is 14.3 Å². The molecule has 7 nitrogen and oxygen atoms in total. The number of nitrogens with zero attached hydrogens (tertiary/aromatic N) is 2. The molecule has 2 aromatic carbocycles. The smallest absolute Gasteiger partial charge is 0.266 e. The number of fused-ring (bicyclic) bond motifs is 1. The van der Waals surface area contributed by atoms with Crippen LogP contribution >= 0.6 is 0 Å². The second-order valence-corrected chi connectivity index (χ2v) is 7.85. The molecule has 0 saturated carbocycles. The van der Waals surface area contributed by atoms with E-state index in [0.29, 0.717) is 17.1 Å². The van der Waals surface area contributed by atoms with Crippen LogP contribution in [0, 0.1) is 20.8 Å². The fourth-order valence-corrected chi connectivity index (χ4v) is 3.73. The highest BCUT2D eigenvalue weighted by atomic mass is 16.5. The number of anilines is 2. The van der Waals surface area contributed by atoms with Crippen molar-refractivity contribution in [2.24, 2.45) is 0 Å². The highest BCUT2D eigenvalue weighted by Crippen LogP contribution is 2.31. The van der Waals surface area contributed by atoms with Crippen molar-refractivity contribution < 1.29 is 14.3 Å². The van der Waals surface area contributed by atoms with Crippen LogP contribution in [0.4, 0.5) is 11.4 Å². The van der Waals surface area contributed by atoms with Gasteiger partial charge in [-0.2, -0.15) is 5.10 Å². The third-order valence-electron chi connectivity index (χ3n) is 5.43. The number of benzene rings is 2. The molecule has 4 rings (SSSR count). The first-order valence-corrected chi connectivity index (χ1v) is 10.4. The lowest BCUT2D eigenvalue weighted by atomic mass is 10.1. The summed E-state index contributed by atoms with van der Waals surface area (Å²) in [5.41, 5.74) is 5.20. The topological polar surface area (TPSA) is 85.3 Å². The predicted molar refractivity (Wildman–Crippen MR) is 119 cm³/mol. The molecule has 3 aromatic rings. The Balaban J connectivity index is 1.40. The standard InChI is InChI=1S/C24H26N4O3/c1-15-9-10-20-19(13-15)25-24(30)21(31-20)14-22(29)26-23-16(2)27-28(17(23)3)12-11-18-7-5-4-6-8-18/h4-10,13,21H,11-12,14H2,1-3H3,(H,25,30)(H,26,29). The van der Waals surface area contributed by atoms with Gasteiger partial charge in [0, 0.05) is 6.54 Å². The lowest BCUT2D eigenvalue weighted by molar-refractivity contribution is -0.128. The van der Waals surface area contributed by atoms with E-state index in [0.717, 1.165) is 29.9 Å². The molecule has 0 saturated heterocycles. The van der Waals surface area contributed by atoms with Crippen molar-refractivity contribution in [3.8, 4) is 5.75 Å². The van der Waals surface area contributed by atoms with Crippen LogP contribution in [-0.2, 0) is 22.6 Å². The van der Waals surface area contributed by atoms with E-state index in [4.69, 9.17) is 4.74 Å². The van der Waals surface area contributed by atoms with E-state index < -0.39 is 6.10 Å². The number of rotatable bonds is 6. The van der Waals surface area contributed by atoms with Gasteiger partial charge in [0.1, 0.15) is 5.75 Å². The lowest BCUT2D eigenvalue weighted by Gasteiger charge is -2.25. The second-order valence-electron chi connectivity index (χ2n) is 7.85. The van der Waals surface area contributed by atoms with Crippen molar-refractivity contribution in [3.05, 3.63) is 71.0 Å². The van der Waals surface area contributed by atoms with E-state index in [9.17, 15) is 9.59 Å². The normalized spacial score (nSPS) is 15.1. The van der Waals surface area contributed by atoms with E-state index in [1.54, 1.807) is 6.07 Å². The number of carbonyl (C=O) groups is 2. The molecule has 2 N–H and O–H groups in total. The van der Waals surface area contributed by atoms with Crippen molar-refractivity contribution in [3.63, 3.8) is 0 Å². The average Bonchev–Trinajstić information content (AvgIpc) is 3.01.